The topological polar surface area (TPSA) is 44.5 Å². The van der Waals surface area contributed by atoms with E-state index in [0.717, 1.165) is 23.3 Å². The van der Waals surface area contributed by atoms with Crippen LogP contribution in [-0.4, -0.2) is 23.9 Å². The number of hydrogen-bond donors (Lipinski definition) is 1. The van der Waals surface area contributed by atoms with Gasteiger partial charge in [0.1, 0.15) is 17.5 Å². The van der Waals surface area contributed by atoms with Crippen molar-refractivity contribution < 1.29 is 9.47 Å². The van der Waals surface area contributed by atoms with E-state index in [1.807, 2.05) is 25.1 Å². The molecule has 114 valence electrons. The summed E-state index contributed by atoms with van der Waals surface area (Å²) in [5.74, 6) is 6.80. The highest BCUT2D eigenvalue weighted by molar-refractivity contribution is 5.43. The van der Waals surface area contributed by atoms with Gasteiger partial charge in [-0.2, -0.15) is 0 Å². The third kappa shape index (κ3) is 3.78. The van der Waals surface area contributed by atoms with Crippen molar-refractivity contribution in [1.82, 2.24) is 0 Å². The number of hydrogen-bond acceptors (Lipinski definition) is 3. The van der Waals surface area contributed by atoms with Crippen LogP contribution in [0.25, 0.3) is 0 Å². The van der Waals surface area contributed by atoms with Crippen molar-refractivity contribution in [3.63, 3.8) is 0 Å². The minimum Gasteiger partial charge on any atom is -0.487 e. The fourth-order valence-electron chi connectivity index (χ4n) is 2.86. The van der Waals surface area contributed by atoms with E-state index in [0.29, 0.717) is 6.54 Å². The molecule has 0 amide bonds. The molecule has 1 unspecified atom stereocenters. The monoisotopic (exact) mass is 287 g/mol. The van der Waals surface area contributed by atoms with Crippen LogP contribution in [0.3, 0.4) is 0 Å². The molecule has 3 nitrogen and oxygen atoms in total. The molecule has 1 aromatic rings. The Hall–Kier alpha value is -1.50. The number of rotatable bonds is 2. The van der Waals surface area contributed by atoms with Crippen LogP contribution in [-0.2, 0) is 4.74 Å². The SMILES string of the molecule is Cc1cc(C#CCN)ccc1OC1CC(C)(C)OC1(C)C. The van der Waals surface area contributed by atoms with Crippen molar-refractivity contribution in [2.24, 2.45) is 5.73 Å². The third-order valence-electron chi connectivity index (χ3n) is 3.77. The molecule has 2 N–H and O–H groups in total. The van der Waals surface area contributed by atoms with Gasteiger partial charge in [0, 0.05) is 12.0 Å². The molecule has 0 bridgehead atoms. The van der Waals surface area contributed by atoms with Gasteiger partial charge in [0.2, 0.25) is 0 Å². The van der Waals surface area contributed by atoms with Crippen molar-refractivity contribution >= 4 is 0 Å². The van der Waals surface area contributed by atoms with E-state index in [9.17, 15) is 0 Å². The highest BCUT2D eigenvalue weighted by Gasteiger charge is 2.47. The summed E-state index contributed by atoms with van der Waals surface area (Å²) in [6.07, 6.45) is 0.931. The zero-order valence-electron chi connectivity index (χ0n) is 13.6. The minimum absolute atomic E-state index is 0.0483. The first-order valence-corrected chi connectivity index (χ1v) is 7.40. The first kappa shape index (κ1) is 15.9. The van der Waals surface area contributed by atoms with Crippen LogP contribution >= 0.6 is 0 Å². The van der Waals surface area contributed by atoms with Crippen LogP contribution in [0.2, 0.25) is 0 Å². The van der Waals surface area contributed by atoms with Crippen LogP contribution < -0.4 is 10.5 Å². The number of ether oxygens (including phenoxy) is 2. The molecule has 1 saturated heterocycles. The first-order valence-electron chi connectivity index (χ1n) is 7.40. The highest BCUT2D eigenvalue weighted by atomic mass is 16.6. The summed E-state index contributed by atoms with van der Waals surface area (Å²) in [5, 5.41) is 0. The lowest BCUT2D eigenvalue weighted by Crippen LogP contribution is -2.36. The molecule has 2 rings (SSSR count). The summed E-state index contributed by atoms with van der Waals surface area (Å²) in [5.41, 5.74) is 7.02. The van der Waals surface area contributed by atoms with Gasteiger partial charge in [-0.05, 0) is 58.4 Å². The third-order valence-corrected chi connectivity index (χ3v) is 3.77. The highest BCUT2D eigenvalue weighted by Crippen LogP contribution is 2.40. The average Bonchev–Trinajstić information content (AvgIpc) is 2.57. The molecule has 1 atom stereocenters. The Morgan fingerprint density at radius 2 is 2.05 bits per heavy atom. The van der Waals surface area contributed by atoms with E-state index in [-0.39, 0.29) is 17.3 Å². The molecule has 1 aliphatic rings. The van der Waals surface area contributed by atoms with E-state index < -0.39 is 0 Å². The average molecular weight is 287 g/mol. The Morgan fingerprint density at radius 1 is 1.33 bits per heavy atom. The normalized spacial score (nSPS) is 22.5. The fourth-order valence-corrected chi connectivity index (χ4v) is 2.86. The molecular weight excluding hydrogens is 262 g/mol. The second kappa shape index (κ2) is 5.71. The lowest BCUT2D eigenvalue weighted by atomic mass is 9.97. The maximum Gasteiger partial charge on any atom is 0.130 e. The molecular formula is C18H25NO2. The summed E-state index contributed by atoms with van der Waals surface area (Å²) in [7, 11) is 0. The van der Waals surface area contributed by atoms with Crippen molar-refractivity contribution in [3.05, 3.63) is 29.3 Å². The van der Waals surface area contributed by atoms with Gasteiger partial charge in [-0.3, -0.25) is 0 Å². The van der Waals surface area contributed by atoms with E-state index in [2.05, 4.69) is 39.5 Å². The Balaban J connectivity index is 2.17. The molecule has 0 aromatic heterocycles. The molecule has 0 saturated carbocycles. The fraction of sp³-hybridized carbons (Fsp3) is 0.556. The predicted octanol–water partition coefficient (Wildman–Crippen LogP) is 3.03. The van der Waals surface area contributed by atoms with E-state index in [1.54, 1.807) is 0 Å². The van der Waals surface area contributed by atoms with Crippen molar-refractivity contribution in [1.29, 1.82) is 0 Å². The number of aryl methyl sites for hydroxylation is 1. The summed E-state index contributed by atoms with van der Waals surface area (Å²) in [6, 6.07) is 5.99. The lowest BCUT2D eigenvalue weighted by Gasteiger charge is -2.28. The van der Waals surface area contributed by atoms with Crippen molar-refractivity contribution in [2.45, 2.75) is 58.3 Å². The van der Waals surface area contributed by atoms with Gasteiger partial charge in [-0.15, -0.1) is 0 Å². The van der Waals surface area contributed by atoms with Crippen molar-refractivity contribution in [3.8, 4) is 17.6 Å². The molecule has 0 aliphatic carbocycles. The maximum absolute atomic E-state index is 6.22. The molecule has 0 radical (unpaired) electrons. The van der Waals surface area contributed by atoms with E-state index in [4.69, 9.17) is 15.2 Å². The van der Waals surface area contributed by atoms with E-state index >= 15 is 0 Å². The Labute approximate surface area is 127 Å². The standard InChI is InChI=1S/C18H25NO2/c1-13-11-14(7-6-10-19)8-9-15(13)20-16-12-17(2,3)21-18(16,4)5/h8-9,11,16H,10,12,19H2,1-5H3. The van der Waals surface area contributed by atoms with Crippen molar-refractivity contribution in [2.75, 3.05) is 6.54 Å². The molecule has 21 heavy (non-hydrogen) atoms. The number of nitrogens with two attached hydrogens (primary N) is 1. The summed E-state index contributed by atoms with van der Waals surface area (Å²) >= 11 is 0. The number of benzene rings is 1. The second-order valence-corrected chi connectivity index (χ2v) is 6.76. The zero-order valence-corrected chi connectivity index (χ0v) is 13.6. The summed E-state index contributed by atoms with van der Waals surface area (Å²) in [4.78, 5) is 0. The van der Waals surface area contributed by atoms with Crippen LogP contribution in [0.4, 0.5) is 0 Å². The van der Waals surface area contributed by atoms with Crippen LogP contribution in [0.15, 0.2) is 18.2 Å². The first-order chi connectivity index (χ1) is 9.73. The van der Waals surface area contributed by atoms with Gasteiger partial charge < -0.3 is 15.2 Å². The minimum atomic E-state index is -0.284. The predicted molar refractivity (Wildman–Crippen MR) is 85.4 cm³/mol. The van der Waals surface area contributed by atoms with Gasteiger partial charge in [-0.1, -0.05) is 11.8 Å². The molecule has 1 heterocycles. The van der Waals surface area contributed by atoms with Gasteiger partial charge in [0.25, 0.3) is 0 Å². The van der Waals surface area contributed by atoms with Gasteiger partial charge in [0.05, 0.1) is 12.1 Å². The summed E-state index contributed by atoms with van der Waals surface area (Å²) in [6.45, 7) is 10.8. The van der Waals surface area contributed by atoms with Crippen LogP contribution in [0.1, 0.15) is 45.2 Å². The lowest BCUT2D eigenvalue weighted by molar-refractivity contribution is -0.0846. The Bertz CT molecular complexity index is 579. The molecule has 0 spiro atoms. The van der Waals surface area contributed by atoms with E-state index in [1.165, 1.54) is 0 Å². The smallest absolute Gasteiger partial charge is 0.130 e. The van der Waals surface area contributed by atoms with Crippen LogP contribution in [0.5, 0.6) is 5.75 Å². The van der Waals surface area contributed by atoms with Gasteiger partial charge in [0.15, 0.2) is 0 Å². The van der Waals surface area contributed by atoms with Crippen LogP contribution in [0, 0.1) is 18.8 Å². The molecule has 1 aliphatic heterocycles. The Morgan fingerprint density at radius 3 is 2.57 bits per heavy atom. The molecule has 1 fully saturated rings. The van der Waals surface area contributed by atoms with Gasteiger partial charge >= 0.3 is 0 Å². The maximum atomic E-state index is 6.22. The summed E-state index contributed by atoms with van der Waals surface area (Å²) < 4.78 is 12.3. The Kier molecular flexibility index (Phi) is 4.32. The van der Waals surface area contributed by atoms with Gasteiger partial charge in [-0.25, -0.2) is 0 Å². The quantitative estimate of drug-likeness (QED) is 0.850. The zero-order chi connectivity index (χ0) is 15.7. The molecule has 1 aromatic carbocycles. The molecule has 3 heteroatoms. The second-order valence-electron chi connectivity index (χ2n) is 6.76. The largest absolute Gasteiger partial charge is 0.487 e.